The zero-order chi connectivity index (χ0) is 33.7. The summed E-state index contributed by atoms with van der Waals surface area (Å²) in [6.45, 7) is 0. The minimum atomic E-state index is 0.934. The summed E-state index contributed by atoms with van der Waals surface area (Å²) in [6, 6.07) is 69.9. The summed E-state index contributed by atoms with van der Waals surface area (Å²) in [6.07, 6.45) is 0. The van der Waals surface area contributed by atoms with Crippen LogP contribution in [0, 0.1) is 0 Å². The van der Waals surface area contributed by atoms with Crippen LogP contribution in [0.2, 0.25) is 0 Å². The molecule has 0 unspecified atom stereocenters. The molecule has 0 aliphatic rings. The van der Waals surface area contributed by atoms with Gasteiger partial charge in [-0.1, -0.05) is 146 Å². The summed E-state index contributed by atoms with van der Waals surface area (Å²) < 4.78 is 2.42. The van der Waals surface area contributed by atoms with Crippen LogP contribution in [0.25, 0.3) is 93.8 Å². The van der Waals surface area contributed by atoms with Crippen molar-refractivity contribution in [3.8, 4) is 50.5 Å². The Morgan fingerprint density at radius 3 is 1.51 bits per heavy atom. The van der Waals surface area contributed by atoms with E-state index in [1.165, 1.54) is 48.9 Å². The van der Waals surface area contributed by atoms with Crippen LogP contribution >= 0.6 is 0 Å². The normalized spacial score (nSPS) is 11.5. The molecule has 0 saturated heterocycles. The molecule has 0 N–H and O–H groups in total. The summed E-state index contributed by atoms with van der Waals surface area (Å²) in [7, 11) is 0. The largest absolute Gasteiger partial charge is 0.309 e. The number of benzene rings is 8. The molecule has 0 fully saturated rings. The summed E-state index contributed by atoms with van der Waals surface area (Å²) in [5.41, 5.74) is 12.2. The number of hydrogen-bond acceptors (Lipinski definition) is 1. The van der Waals surface area contributed by atoms with Gasteiger partial charge in [-0.2, -0.15) is 0 Å². The van der Waals surface area contributed by atoms with E-state index in [4.69, 9.17) is 4.98 Å². The number of hydrogen-bond donors (Lipinski definition) is 0. The molecule has 0 bridgehead atoms. The van der Waals surface area contributed by atoms with Gasteiger partial charge in [0.25, 0.3) is 0 Å². The van der Waals surface area contributed by atoms with Gasteiger partial charge < -0.3 is 4.57 Å². The molecule has 2 aromatic heterocycles. The number of nitrogens with zero attached hydrogens (tertiary/aromatic N) is 2. The van der Waals surface area contributed by atoms with E-state index >= 15 is 0 Å². The Morgan fingerprint density at radius 1 is 0.314 bits per heavy atom. The van der Waals surface area contributed by atoms with Crippen molar-refractivity contribution < 1.29 is 0 Å². The van der Waals surface area contributed by atoms with Gasteiger partial charge in [0, 0.05) is 27.6 Å². The zero-order valence-corrected chi connectivity index (χ0v) is 27.9. The third kappa shape index (κ3) is 5.00. The summed E-state index contributed by atoms with van der Waals surface area (Å²) in [4.78, 5) is 5.38. The van der Waals surface area contributed by atoms with E-state index in [-0.39, 0.29) is 0 Å². The molecular weight excluding hydrogens is 617 g/mol. The van der Waals surface area contributed by atoms with Crippen LogP contribution in [-0.4, -0.2) is 9.55 Å². The van der Waals surface area contributed by atoms with Gasteiger partial charge in [-0.3, -0.25) is 0 Å². The van der Waals surface area contributed by atoms with Crippen LogP contribution in [0.5, 0.6) is 0 Å². The van der Waals surface area contributed by atoms with Crippen LogP contribution in [0.4, 0.5) is 0 Å². The smallest absolute Gasteiger partial charge is 0.0716 e. The fraction of sp³-hybridized carbons (Fsp3) is 0. The molecule has 0 atom stereocenters. The fourth-order valence-electron chi connectivity index (χ4n) is 7.77. The van der Waals surface area contributed by atoms with Crippen molar-refractivity contribution in [2.45, 2.75) is 0 Å². The predicted octanol–water partition coefficient (Wildman–Crippen LogP) is 13.2. The highest BCUT2D eigenvalue weighted by Gasteiger charge is 2.17. The van der Waals surface area contributed by atoms with E-state index < -0.39 is 0 Å². The number of rotatable bonds is 5. The van der Waals surface area contributed by atoms with Crippen molar-refractivity contribution >= 4 is 43.4 Å². The molecule has 0 radical (unpaired) electrons. The van der Waals surface area contributed by atoms with Crippen molar-refractivity contribution in [1.82, 2.24) is 9.55 Å². The lowest BCUT2D eigenvalue weighted by Gasteiger charge is -2.17. The first-order valence-corrected chi connectivity index (χ1v) is 17.5. The van der Waals surface area contributed by atoms with Crippen LogP contribution in [-0.2, 0) is 0 Å². The minimum Gasteiger partial charge on any atom is -0.309 e. The quantitative estimate of drug-likeness (QED) is 0.170. The van der Waals surface area contributed by atoms with E-state index in [9.17, 15) is 0 Å². The lowest BCUT2D eigenvalue weighted by Crippen LogP contribution is -1.98. The number of para-hydroxylation sites is 2. The monoisotopic (exact) mass is 648 g/mol. The molecule has 2 nitrogen and oxygen atoms in total. The molecule has 238 valence electrons. The zero-order valence-electron chi connectivity index (χ0n) is 27.9. The van der Waals surface area contributed by atoms with Crippen LogP contribution in [0.1, 0.15) is 0 Å². The molecule has 51 heavy (non-hydrogen) atoms. The number of pyridine rings is 1. The van der Waals surface area contributed by atoms with Crippen molar-refractivity contribution in [3.63, 3.8) is 0 Å². The Kier molecular flexibility index (Phi) is 6.85. The van der Waals surface area contributed by atoms with E-state index in [0.717, 1.165) is 44.9 Å². The average Bonchev–Trinajstić information content (AvgIpc) is 3.55. The van der Waals surface area contributed by atoms with Crippen molar-refractivity contribution in [2.24, 2.45) is 0 Å². The minimum absolute atomic E-state index is 0.934. The SMILES string of the molecule is c1ccc(-c2cc(-c3ccccc3)nc(-c3cc(-c4cc5ccccc5c5ccccc45)cc(-n4c5ccccc5c5ccccc54)c3)c2)cc1. The van der Waals surface area contributed by atoms with Crippen molar-refractivity contribution in [2.75, 3.05) is 0 Å². The van der Waals surface area contributed by atoms with Gasteiger partial charge in [0.15, 0.2) is 0 Å². The van der Waals surface area contributed by atoms with Gasteiger partial charge >= 0.3 is 0 Å². The summed E-state index contributed by atoms with van der Waals surface area (Å²) in [5.74, 6) is 0. The van der Waals surface area contributed by atoms with Gasteiger partial charge in [0.05, 0.1) is 22.4 Å². The third-order valence-electron chi connectivity index (χ3n) is 10.1. The maximum Gasteiger partial charge on any atom is 0.0716 e. The van der Waals surface area contributed by atoms with Gasteiger partial charge in [-0.05, 0) is 92.3 Å². The average molecular weight is 649 g/mol. The second-order valence-corrected chi connectivity index (χ2v) is 13.2. The van der Waals surface area contributed by atoms with E-state index in [1.54, 1.807) is 0 Å². The fourth-order valence-corrected chi connectivity index (χ4v) is 7.77. The first kappa shape index (κ1) is 29.2. The summed E-state index contributed by atoms with van der Waals surface area (Å²) in [5, 5.41) is 7.46. The predicted molar refractivity (Wildman–Crippen MR) is 215 cm³/mol. The Morgan fingerprint density at radius 2 is 0.824 bits per heavy atom. The molecule has 10 aromatic rings. The van der Waals surface area contributed by atoms with Crippen molar-refractivity contribution in [1.29, 1.82) is 0 Å². The lowest BCUT2D eigenvalue weighted by atomic mass is 9.91. The topological polar surface area (TPSA) is 17.8 Å². The molecule has 0 amide bonds. The first-order valence-electron chi connectivity index (χ1n) is 17.5. The standard InChI is InChI=1S/C49H32N2/c1-3-15-33(16-4-1)36-31-46(34-17-5-2-6-18-34)50-47(32-36)38-27-37(45-30-35-19-7-8-20-40(35)41-21-9-10-22-42(41)45)28-39(29-38)51-48-25-13-11-23-43(48)44-24-12-14-26-49(44)51/h1-32H. The first-order chi connectivity index (χ1) is 25.3. The number of aromatic nitrogens is 2. The van der Waals surface area contributed by atoms with Gasteiger partial charge in [-0.25, -0.2) is 4.98 Å². The molecule has 0 aliphatic heterocycles. The van der Waals surface area contributed by atoms with E-state index in [2.05, 4.69) is 199 Å². The highest BCUT2D eigenvalue weighted by Crippen LogP contribution is 2.40. The van der Waals surface area contributed by atoms with Crippen LogP contribution < -0.4 is 0 Å². The van der Waals surface area contributed by atoms with Crippen molar-refractivity contribution in [3.05, 3.63) is 194 Å². The number of fused-ring (bicyclic) bond motifs is 6. The molecule has 0 saturated carbocycles. The second-order valence-electron chi connectivity index (χ2n) is 13.2. The molecule has 0 aliphatic carbocycles. The van der Waals surface area contributed by atoms with E-state index in [0.29, 0.717) is 0 Å². The second kappa shape index (κ2) is 12.0. The van der Waals surface area contributed by atoms with Gasteiger partial charge in [0.2, 0.25) is 0 Å². The third-order valence-corrected chi connectivity index (χ3v) is 10.1. The molecule has 8 aromatic carbocycles. The Labute approximate surface area is 296 Å². The van der Waals surface area contributed by atoms with Gasteiger partial charge in [0.1, 0.15) is 0 Å². The maximum absolute atomic E-state index is 5.38. The Bertz CT molecular complexity index is 2790. The highest BCUT2D eigenvalue weighted by molar-refractivity contribution is 6.14. The molecular formula is C49H32N2. The van der Waals surface area contributed by atoms with Gasteiger partial charge in [-0.15, -0.1) is 0 Å². The van der Waals surface area contributed by atoms with Crippen LogP contribution in [0.15, 0.2) is 194 Å². The Hall–Kier alpha value is -6.77. The molecule has 2 heterocycles. The summed E-state index contributed by atoms with van der Waals surface area (Å²) >= 11 is 0. The molecule has 0 spiro atoms. The van der Waals surface area contributed by atoms with E-state index in [1.807, 2.05) is 0 Å². The highest BCUT2D eigenvalue weighted by atomic mass is 15.0. The molecule has 10 rings (SSSR count). The molecule has 2 heteroatoms. The lowest BCUT2D eigenvalue weighted by molar-refractivity contribution is 1.18. The maximum atomic E-state index is 5.38. The van der Waals surface area contributed by atoms with Crippen LogP contribution in [0.3, 0.4) is 0 Å². The Balaban J connectivity index is 1.30.